The van der Waals surface area contributed by atoms with E-state index in [0.717, 1.165) is 35.6 Å². The molecular formula is C24H22N6O. The average molecular weight is 410 g/mol. The van der Waals surface area contributed by atoms with E-state index >= 15 is 0 Å². The average Bonchev–Trinajstić information content (AvgIpc) is 3.40. The molecule has 154 valence electrons. The molecule has 0 aliphatic carbocycles. The van der Waals surface area contributed by atoms with E-state index < -0.39 is 0 Å². The van der Waals surface area contributed by atoms with Crippen LogP contribution in [-0.4, -0.2) is 57.0 Å². The summed E-state index contributed by atoms with van der Waals surface area (Å²) < 4.78 is 1.68. The SMILES string of the molecule is O=C(c1ccc(-c2ccccc2)cc1)N1CCN(c2ccc(-n3cccn3)nn2)CC1. The van der Waals surface area contributed by atoms with Crippen molar-refractivity contribution in [2.24, 2.45) is 0 Å². The van der Waals surface area contributed by atoms with Crippen molar-refractivity contribution in [3.8, 4) is 16.9 Å². The van der Waals surface area contributed by atoms with Crippen LogP contribution in [0.25, 0.3) is 16.9 Å². The molecule has 7 nitrogen and oxygen atoms in total. The number of amides is 1. The molecule has 0 atom stereocenters. The Kier molecular flexibility index (Phi) is 5.14. The van der Waals surface area contributed by atoms with Gasteiger partial charge in [0.15, 0.2) is 11.6 Å². The second-order valence-corrected chi connectivity index (χ2v) is 7.42. The van der Waals surface area contributed by atoms with Gasteiger partial charge in [0.2, 0.25) is 0 Å². The molecule has 0 bridgehead atoms. The van der Waals surface area contributed by atoms with Gasteiger partial charge in [-0.3, -0.25) is 4.79 Å². The standard InChI is InChI=1S/C24H22N6O/c31-24(21-9-7-20(8-10-21)19-5-2-1-3-6-19)29-17-15-28(16-18-29)22-11-12-23(27-26-22)30-14-4-13-25-30/h1-14H,15-18H2. The first-order valence-corrected chi connectivity index (χ1v) is 10.3. The van der Waals surface area contributed by atoms with Crippen LogP contribution in [0.5, 0.6) is 0 Å². The van der Waals surface area contributed by atoms with E-state index in [0.29, 0.717) is 18.9 Å². The summed E-state index contributed by atoms with van der Waals surface area (Å²) in [5.41, 5.74) is 2.98. The Morgan fingerprint density at radius 2 is 1.39 bits per heavy atom. The summed E-state index contributed by atoms with van der Waals surface area (Å²) in [6, 6.07) is 23.7. The van der Waals surface area contributed by atoms with Crippen LogP contribution >= 0.6 is 0 Å². The Morgan fingerprint density at radius 1 is 0.710 bits per heavy atom. The molecule has 0 saturated carbocycles. The zero-order valence-electron chi connectivity index (χ0n) is 17.0. The van der Waals surface area contributed by atoms with Gasteiger partial charge < -0.3 is 9.80 Å². The van der Waals surface area contributed by atoms with E-state index in [9.17, 15) is 4.79 Å². The van der Waals surface area contributed by atoms with Crippen molar-refractivity contribution in [1.82, 2.24) is 24.9 Å². The fraction of sp³-hybridized carbons (Fsp3) is 0.167. The summed E-state index contributed by atoms with van der Waals surface area (Å²) in [6.07, 6.45) is 3.54. The maximum absolute atomic E-state index is 12.9. The monoisotopic (exact) mass is 410 g/mol. The molecule has 1 amide bonds. The zero-order chi connectivity index (χ0) is 21.0. The van der Waals surface area contributed by atoms with Crippen LogP contribution in [-0.2, 0) is 0 Å². The molecule has 1 aliphatic heterocycles. The third-order valence-corrected chi connectivity index (χ3v) is 5.51. The molecule has 0 radical (unpaired) electrons. The minimum atomic E-state index is 0.0689. The van der Waals surface area contributed by atoms with Crippen molar-refractivity contribution < 1.29 is 4.79 Å². The minimum absolute atomic E-state index is 0.0689. The van der Waals surface area contributed by atoms with Crippen molar-refractivity contribution in [3.63, 3.8) is 0 Å². The number of aromatic nitrogens is 4. The maximum atomic E-state index is 12.9. The smallest absolute Gasteiger partial charge is 0.253 e. The number of benzene rings is 2. The van der Waals surface area contributed by atoms with E-state index in [4.69, 9.17) is 0 Å². The highest BCUT2D eigenvalue weighted by atomic mass is 16.2. The van der Waals surface area contributed by atoms with Crippen molar-refractivity contribution in [3.05, 3.63) is 90.8 Å². The Morgan fingerprint density at radius 3 is 2.03 bits per heavy atom. The first-order valence-electron chi connectivity index (χ1n) is 10.3. The van der Waals surface area contributed by atoms with E-state index in [1.807, 2.05) is 71.8 Å². The molecule has 5 rings (SSSR count). The molecule has 0 N–H and O–H groups in total. The van der Waals surface area contributed by atoms with Crippen LogP contribution in [0, 0.1) is 0 Å². The third-order valence-electron chi connectivity index (χ3n) is 5.51. The van der Waals surface area contributed by atoms with Gasteiger partial charge in [-0.25, -0.2) is 4.68 Å². The lowest BCUT2D eigenvalue weighted by Crippen LogP contribution is -2.49. The molecule has 1 saturated heterocycles. The van der Waals surface area contributed by atoms with Crippen LogP contribution in [0.4, 0.5) is 5.82 Å². The number of carbonyl (C=O) groups is 1. The number of nitrogens with zero attached hydrogens (tertiary/aromatic N) is 6. The number of hydrogen-bond acceptors (Lipinski definition) is 5. The molecule has 7 heteroatoms. The maximum Gasteiger partial charge on any atom is 0.253 e. The Hall–Kier alpha value is -4.00. The van der Waals surface area contributed by atoms with Gasteiger partial charge in [-0.05, 0) is 41.5 Å². The fourth-order valence-corrected chi connectivity index (χ4v) is 3.77. The van der Waals surface area contributed by atoms with Crippen molar-refractivity contribution in [1.29, 1.82) is 0 Å². The zero-order valence-corrected chi connectivity index (χ0v) is 17.0. The first kappa shape index (κ1) is 19.0. The lowest BCUT2D eigenvalue weighted by atomic mass is 10.0. The second kappa shape index (κ2) is 8.39. The second-order valence-electron chi connectivity index (χ2n) is 7.42. The van der Waals surface area contributed by atoms with Crippen LogP contribution in [0.3, 0.4) is 0 Å². The highest BCUT2D eigenvalue weighted by Crippen LogP contribution is 2.21. The number of piperazine rings is 1. The number of anilines is 1. The highest BCUT2D eigenvalue weighted by Gasteiger charge is 2.23. The molecule has 0 spiro atoms. The van der Waals surface area contributed by atoms with Gasteiger partial charge >= 0.3 is 0 Å². The van der Waals surface area contributed by atoms with Gasteiger partial charge in [0, 0.05) is 44.1 Å². The summed E-state index contributed by atoms with van der Waals surface area (Å²) in [7, 11) is 0. The largest absolute Gasteiger partial charge is 0.352 e. The number of carbonyl (C=O) groups excluding carboxylic acids is 1. The van der Waals surface area contributed by atoms with Gasteiger partial charge in [0.05, 0.1) is 0 Å². The fourth-order valence-electron chi connectivity index (χ4n) is 3.77. The molecule has 4 aromatic rings. The predicted octanol–water partition coefficient (Wildman–Crippen LogP) is 3.29. The molecule has 1 aliphatic rings. The molecule has 2 aromatic heterocycles. The number of hydrogen-bond donors (Lipinski definition) is 0. The van der Waals surface area contributed by atoms with E-state index in [2.05, 4.69) is 32.3 Å². The quantitative estimate of drug-likeness (QED) is 0.517. The normalized spacial score (nSPS) is 13.9. The first-order chi connectivity index (χ1) is 15.3. The van der Waals surface area contributed by atoms with Gasteiger partial charge in [-0.2, -0.15) is 5.10 Å². The lowest BCUT2D eigenvalue weighted by molar-refractivity contribution is 0.0746. The summed E-state index contributed by atoms with van der Waals surface area (Å²) in [6.45, 7) is 2.76. The molecule has 31 heavy (non-hydrogen) atoms. The van der Waals surface area contributed by atoms with Crippen molar-refractivity contribution in [2.45, 2.75) is 0 Å². The van der Waals surface area contributed by atoms with Gasteiger partial charge in [0.25, 0.3) is 5.91 Å². The predicted molar refractivity (Wildman–Crippen MR) is 119 cm³/mol. The summed E-state index contributed by atoms with van der Waals surface area (Å²) >= 11 is 0. The Balaban J connectivity index is 1.21. The summed E-state index contributed by atoms with van der Waals surface area (Å²) in [4.78, 5) is 17.0. The van der Waals surface area contributed by atoms with Crippen LogP contribution in [0.1, 0.15) is 10.4 Å². The number of rotatable bonds is 4. The molecular weight excluding hydrogens is 388 g/mol. The van der Waals surface area contributed by atoms with Gasteiger partial charge in [-0.15, -0.1) is 10.2 Å². The summed E-state index contributed by atoms with van der Waals surface area (Å²) in [5, 5.41) is 12.8. The summed E-state index contributed by atoms with van der Waals surface area (Å²) in [5.74, 6) is 1.57. The van der Waals surface area contributed by atoms with Crippen LogP contribution in [0.15, 0.2) is 85.2 Å². The highest BCUT2D eigenvalue weighted by molar-refractivity contribution is 5.94. The molecule has 1 fully saturated rings. The van der Waals surface area contributed by atoms with E-state index in [-0.39, 0.29) is 5.91 Å². The molecule has 2 aromatic carbocycles. The Bertz CT molecular complexity index is 1130. The molecule has 0 unspecified atom stereocenters. The van der Waals surface area contributed by atoms with Gasteiger partial charge in [0.1, 0.15) is 0 Å². The van der Waals surface area contributed by atoms with Crippen LogP contribution < -0.4 is 4.90 Å². The van der Waals surface area contributed by atoms with Crippen molar-refractivity contribution >= 4 is 11.7 Å². The molecule has 3 heterocycles. The third kappa shape index (κ3) is 4.02. The van der Waals surface area contributed by atoms with Gasteiger partial charge in [-0.1, -0.05) is 42.5 Å². The van der Waals surface area contributed by atoms with E-state index in [1.54, 1.807) is 10.9 Å². The van der Waals surface area contributed by atoms with Crippen molar-refractivity contribution in [2.75, 3.05) is 31.1 Å². The topological polar surface area (TPSA) is 67.2 Å². The van der Waals surface area contributed by atoms with Crippen LogP contribution in [0.2, 0.25) is 0 Å². The Labute approximate surface area is 180 Å². The van der Waals surface area contributed by atoms with E-state index in [1.165, 1.54) is 0 Å². The lowest BCUT2D eigenvalue weighted by Gasteiger charge is -2.35. The minimum Gasteiger partial charge on any atom is -0.352 e.